The number of hydrogen-bond acceptors (Lipinski definition) is 8. The molecule has 0 bridgehead atoms. The monoisotopic (exact) mass is 498 g/mol. The van der Waals surface area contributed by atoms with Crippen LogP contribution in [-0.4, -0.2) is 54.0 Å². The Morgan fingerprint density at radius 1 is 1.11 bits per heavy atom. The van der Waals surface area contributed by atoms with Gasteiger partial charge in [0.15, 0.2) is 5.82 Å². The molecular formula is C26H32F2N6O2. The first-order valence-corrected chi connectivity index (χ1v) is 12.5. The number of pyridine rings is 1. The Morgan fingerprint density at radius 2 is 1.92 bits per heavy atom. The predicted molar refractivity (Wildman–Crippen MR) is 132 cm³/mol. The maximum atomic E-state index is 14.3. The van der Waals surface area contributed by atoms with E-state index in [0.717, 1.165) is 49.6 Å². The molecule has 1 aromatic carbocycles. The van der Waals surface area contributed by atoms with Crippen LogP contribution in [0.3, 0.4) is 0 Å². The molecule has 2 aliphatic heterocycles. The van der Waals surface area contributed by atoms with Gasteiger partial charge in [-0.3, -0.25) is 0 Å². The van der Waals surface area contributed by atoms with E-state index in [0.29, 0.717) is 43.1 Å². The van der Waals surface area contributed by atoms with Gasteiger partial charge in [-0.05, 0) is 48.6 Å². The van der Waals surface area contributed by atoms with E-state index in [1.165, 1.54) is 6.07 Å². The molecule has 192 valence electrons. The van der Waals surface area contributed by atoms with Crippen molar-refractivity contribution >= 4 is 11.7 Å². The fourth-order valence-corrected chi connectivity index (χ4v) is 4.90. The molecule has 2 atom stereocenters. The van der Waals surface area contributed by atoms with Crippen LogP contribution in [0, 0.1) is 17.6 Å². The molecule has 0 unspecified atom stereocenters. The lowest BCUT2D eigenvalue weighted by molar-refractivity contribution is 0.213. The Hall–Kier alpha value is -3.27. The molecule has 2 aliphatic rings. The highest BCUT2D eigenvalue weighted by molar-refractivity contribution is 5.48. The molecule has 2 aromatic heterocycles. The van der Waals surface area contributed by atoms with Crippen LogP contribution < -0.4 is 20.3 Å². The molecule has 3 aromatic rings. The van der Waals surface area contributed by atoms with Crippen molar-refractivity contribution < 1.29 is 18.0 Å². The van der Waals surface area contributed by atoms with E-state index < -0.39 is 11.6 Å². The number of nitrogens with zero attached hydrogens (tertiary/aromatic N) is 5. The zero-order valence-electron chi connectivity index (χ0n) is 20.6. The minimum absolute atomic E-state index is 0.243. The Balaban J connectivity index is 1.11. The van der Waals surface area contributed by atoms with Crippen molar-refractivity contribution in [1.29, 1.82) is 0 Å². The quantitative estimate of drug-likeness (QED) is 0.521. The lowest BCUT2D eigenvalue weighted by Gasteiger charge is -2.30. The highest BCUT2D eigenvalue weighted by atomic mass is 19.1. The number of piperidine rings is 1. The summed E-state index contributed by atoms with van der Waals surface area (Å²) in [5, 5.41) is 4.05. The molecule has 0 aliphatic carbocycles. The predicted octanol–water partition coefficient (Wildman–Crippen LogP) is 4.09. The molecule has 0 radical (unpaired) electrons. The summed E-state index contributed by atoms with van der Waals surface area (Å²) in [4.78, 5) is 13.1. The fourth-order valence-electron chi connectivity index (χ4n) is 4.90. The molecule has 2 fully saturated rings. The summed E-state index contributed by atoms with van der Waals surface area (Å²) in [6.07, 6.45) is 3.69. The number of hydrogen-bond donors (Lipinski definition) is 1. The van der Waals surface area contributed by atoms with E-state index in [-0.39, 0.29) is 17.9 Å². The lowest BCUT2D eigenvalue weighted by Crippen LogP contribution is -2.35. The van der Waals surface area contributed by atoms with Crippen molar-refractivity contribution in [1.82, 2.24) is 15.1 Å². The van der Waals surface area contributed by atoms with E-state index in [2.05, 4.69) is 24.9 Å². The standard InChI is InChI=1S/C26H32F2N6O2/c1-16(2)25-31-26(36-32-25)33-9-7-17(8-10-33)15-35-24-6-4-19(12-30-24)34-13-21(23(29)14-34)20-11-18(27)3-5-22(20)28/h3-6,11-12,16-17,21,23H,7-10,13-15,29H2,1-2H3/t21-,23+/m1/s1. The molecule has 2 saturated heterocycles. The van der Waals surface area contributed by atoms with Crippen LogP contribution in [0.4, 0.5) is 20.5 Å². The highest BCUT2D eigenvalue weighted by Gasteiger charge is 2.33. The van der Waals surface area contributed by atoms with Crippen molar-refractivity contribution in [3.05, 3.63) is 59.6 Å². The summed E-state index contributed by atoms with van der Waals surface area (Å²) in [6, 6.07) is 7.60. The van der Waals surface area contributed by atoms with Crippen LogP contribution in [0.25, 0.3) is 0 Å². The minimum Gasteiger partial charge on any atom is -0.477 e. The number of benzene rings is 1. The van der Waals surface area contributed by atoms with E-state index in [9.17, 15) is 8.78 Å². The van der Waals surface area contributed by atoms with Crippen LogP contribution in [0.5, 0.6) is 5.88 Å². The van der Waals surface area contributed by atoms with Gasteiger partial charge in [-0.1, -0.05) is 19.0 Å². The van der Waals surface area contributed by atoms with Gasteiger partial charge in [0.2, 0.25) is 5.88 Å². The van der Waals surface area contributed by atoms with E-state index in [1.54, 1.807) is 6.20 Å². The van der Waals surface area contributed by atoms with Gasteiger partial charge >= 0.3 is 6.01 Å². The smallest absolute Gasteiger partial charge is 0.324 e. The van der Waals surface area contributed by atoms with Crippen molar-refractivity contribution in [2.45, 2.75) is 44.6 Å². The zero-order valence-corrected chi connectivity index (χ0v) is 20.6. The SMILES string of the molecule is CC(C)c1noc(N2CCC(COc3ccc(N4C[C@H](c5cc(F)ccc5F)[C@@H](N)C4)cn3)CC2)n1. The first-order valence-electron chi connectivity index (χ1n) is 12.5. The molecule has 4 heterocycles. The molecule has 0 saturated carbocycles. The molecule has 0 spiro atoms. The average molecular weight is 499 g/mol. The van der Waals surface area contributed by atoms with Crippen LogP contribution in [-0.2, 0) is 0 Å². The molecule has 10 heteroatoms. The van der Waals surface area contributed by atoms with Gasteiger partial charge in [-0.25, -0.2) is 13.8 Å². The van der Waals surface area contributed by atoms with Gasteiger partial charge in [0.1, 0.15) is 11.6 Å². The second-order valence-corrected chi connectivity index (χ2v) is 10.0. The molecule has 2 N–H and O–H groups in total. The summed E-state index contributed by atoms with van der Waals surface area (Å²) < 4.78 is 39.3. The van der Waals surface area contributed by atoms with Crippen molar-refractivity contribution in [3.8, 4) is 5.88 Å². The first kappa shape index (κ1) is 24.4. The van der Waals surface area contributed by atoms with Crippen LogP contribution >= 0.6 is 0 Å². The lowest BCUT2D eigenvalue weighted by atomic mass is 9.94. The number of aromatic nitrogens is 3. The number of rotatable bonds is 7. The van der Waals surface area contributed by atoms with Gasteiger partial charge in [0.05, 0.1) is 18.5 Å². The summed E-state index contributed by atoms with van der Waals surface area (Å²) in [5.74, 6) is 0.797. The maximum Gasteiger partial charge on any atom is 0.324 e. The summed E-state index contributed by atoms with van der Waals surface area (Å²) in [7, 11) is 0. The molecular weight excluding hydrogens is 466 g/mol. The van der Waals surface area contributed by atoms with Gasteiger partial charge < -0.3 is 24.8 Å². The van der Waals surface area contributed by atoms with Gasteiger partial charge in [-0.15, -0.1) is 0 Å². The zero-order chi connectivity index (χ0) is 25.2. The Kier molecular flexibility index (Phi) is 7.04. The fraction of sp³-hybridized carbons (Fsp3) is 0.500. The molecule has 36 heavy (non-hydrogen) atoms. The molecule has 8 nitrogen and oxygen atoms in total. The highest BCUT2D eigenvalue weighted by Crippen LogP contribution is 2.32. The maximum absolute atomic E-state index is 14.3. The van der Waals surface area contributed by atoms with E-state index >= 15 is 0 Å². The van der Waals surface area contributed by atoms with Crippen LogP contribution in [0.2, 0.25) is 0 Å². The average Bonchev–Trinajstić information content (AvgIpc) is 3.52. The Morgan fingerprint density at radius 3 is 2.61 bits per heavy atom. The number of ether oxygens (including phenoxy) is 1. The Labute approximate surface area is 209 Å². The van der Waals surface area contributed by atoms with E-state index in [4.69, 9.17) is 15.0 Å². The minimum atomic E-state index is -0.458. The summed E-state index contributed by atoms with van der Waals surface area (Å²) >= 11 is 0. The van der Waals surface area contributed by atoms with Gasteiger partial charge in [0.25, 0.3) is 0 Å². The molecule has 0 amide bonds. The van der Waals surface area contributed by atoms with Gasteiger partial charge in [-0.2, -0.15) is 4.98 Å². The Bertz CT molecular complexity index is 1160. The van der Waals surface area contributed by atoms with Crippen LogP contribution in [0.15, 0.2) is 41.1 Å². The topological polar surface area (TPSA) is 93.5 Å². The normalized spacial score (nSPS) is 20.9. The number of nitrogens with two attached hydrogens (primary N) is 1. The second kappa shape index (κ2) is 10.4. The van der Waals surface area contributed by atoms with Crippen LogP contribution in [0.1, 0.15) is 49.9 Å². The largest absolute Gasteiger partial charge is 0.477 e. The summed E-state index contributed by atoms with van der Waals surface area (Å²) in [5.41, 5.74) is 7.49. The molecule has 5 rings (SSSR count). The van der Waals surface area contributed by atoms with Crippen molar-refractivity contribution in [3.63, 3.8) is 0 Å². The van der Waals surface area contributed by atoms with Crippen molar-refractivity contribution in [2.24, 2.45) is 11.7 Å². The third-order valence-corrected chi connectivity index (χ3v) is 7.11. The summed E-state index contributed by atoms with van der Waals surface area (Å²) in [6.45, 7) is 7.43. The first-order chi connectivity index (χ1) is 17.4. The third kappa shape index (κ3) is 5.28. The van der Waals surface area contributed by atoms with Gasteiger partial charge in [0, 0.05) is 50.1 Å². The second-order valence-electron chi connectivity index (χ2n) is 10.0. The number of halogens is 2. The third-order valence-electron chi connectivity index (χ3n) is 7.11. The number of anilines is 2. The van der Waals surface area contributed by atoms with E-state index in [1.807, 2.05) is 26.0 Å². The van der Waals surface area contributed by atoms with Crippen molar-refractivity contribution in [2.75, 3.05) is 42.6 Å².